The van der Waals surface area contributed by atoms with E-state index >= 15 is 0 Å². The van der Waals surface area contributed by atoms with Crippen LogP contribution in [0.25, 0.3) is 0 Å². The highest BCUT2D eigenvalue weighted by atomic mass is 16.3. The van der Waals surface area contributed by atoms with Gasteiger partial charge in [0.2, 0.25) is 11.8 Å². The Labute approximate surface area is 178 Å². The third kappa shape index (κ3) is 4.93. The molecule has 2 unspecified atom stereocenters. The first-order valence-corrected chi connectivity index (χ1v) is 11.0. The van der Waals surface area contributed by atoms with Crippen molar-refractivity contribution in [3.05, 3.63) is 59.5 Å². The highest BCUT2D eigenvalue weighted by molar-refractivity contribution is 5.89. The Balaban J connectivity index is 1.32. The van der Waals surface area contributed by atoms with Gasteiger partial charge in [-0.15, -0.1) is 0 Å². The molecule has 6 heteroatoms. The molecule has 2 aliphatic rings. The Morgan fingerprint density at radius 1 is 1.13 bits per heavy atom. The van der Waals surface area contributed by atoms with Crippen LogP contribution in [0.15, 0.2) is 47.1 Å². The number of hydrogen-bond donors (Lipinski definition) is 1. The Morgan fingerprint density at radius 3 is 2.73 bits per heavy atom. The van der Waals surface area contributed by atoms with Gasteiger partial charge in [0, 0.05) is 32.1 Å². The number of nitrogens with zero attached hydrogens (tertiary/aromatic N) is 2. The monoisotopic (exact) mass is 409 g/mol. The normalized spacial score (nSPS) is 22.4. The maximum Gasteiger partial charge on any atom is 0.225 e. The standard InChI is InChI=1S/C24H31N3O3/c1-18-7-4-5-11-26(18)15-20-9-3-2-8-19(20)14-25-24(29)21-13-23(28)27(16-21)17-22-10-6-12-30-22/h2-3,6,8-10,12,18,21H,4-5,7,11,13-17H2,1H3,(H,25,29). The quantitative estimate of drug-likeness (QED) is 0.762. The van der Waals surface area contributed by atoms with Crippen molar-refractivity contribution in [3.63, 3.8) is 0 Å². The predicted octanol–water partition coefficient (Wildman–Crippen LogP) is 3.32. The fraction of sp³-hybridized carbons (Fsp3) is 0.500. The summed E-state index contributed by atoms with van der Waals surface area (Å²) in [6, 6.07) is 12.6. The maximum atomic E-state index is 12.7. The van der Waals surface area contributed by atoms with Crippen molar-refractivity contribution in [2.24, 2.45) is 5.92 Å². The summed E-state index contributed by atoms with van der Waals surface area (Å²) in [6.07, 6.45) is 5.69. The molecule has 1 aromatic carbocycles. The molecular formula is C24H31N3O3. The average Bonchev–Trinajstić information content (AvgIpc) is 3.39. The van der Waals surface area contributed by atoms with Gasteiger partial charge in [0.05, 0.1) is 18.7 Å². The number of benzene rings is 1. The van der Waals surface area contributed by atoms with Crippen molar-refractivity contribution >= 4 is 11.8 Å². The van der Waals surface area contributed by atoms with Crippen LogP contribution in [-0.4, -0.2) is 40.7 Å². The van der Waals surface area contributed by atoms with Gasteiger partial charge in [-0.3, -0.25) is 14.5 Å². The highest BCUT2D eigenvalue weighted by Gasteiger charge is 2.34. The summed E-state index contributed by atoms with van der Waals surface area (Å²) < 4.78 is 5.33. The second-order valence-corrected chi connectivity index (χ2v) is 8.56. The second kappa shape index (κ2) is 9.47. The summed E-state index contributed by atoms with van der Waals surface area (Å²) in [7, 11) is 0. The van der Waals surface area contributed by atoms with Crippen molar-refractivity contribution in [2.75, 3.05) is 13.1 Å². The van der Waals surface area contributed by atoms with Crippen molar-refractivity contribution < 1.29 is 14.0 Å². The molecule has 0 spiro atoms. The Morgan fingerprint density at radius 2 is 1.97 bits per heavy atom. The van der Waals surface area contributed by atoms with E-state index in [-0.39, 0.29) is 24.2 Å². The molecular weight excluding hydrogens is 378 g/mol. The number of nitrogens with one attached hydrogen (secondary N) is 1. The summed E-state index contributed by atoms with van der Waals surface area (Å²) in [5.74, 6) is 0.393. The van der Waals surface area contributed by atoms with Gasteiger partial charge in [-0.2, -0.15) is 0 Å². The molecule has 160 valence electrons. The molecule has 30 heavy (non-hydrogen) atoms. The fourth-order valence-corrected chi connectivity index (χ4v) is 4.51. The molecule has 6 nitrogen and oxygen atoms in total. The number of piperidine rings is 1. The number of rotatable bonds is 7. The highest BCUT2D eigenvalue weighted by Crippen LogP contribution is 2.22. The predicted molar refractivity (Wildman–Crippen MR) is 114 cm³/mol. The zero-order chi connectivity index (χ0) is 20.9. The lowest BCUT2D eigenvalue weighted by Crippen LogP contribution is -2.37. The van der Waals surface area contributed by atoms with Crippen molar-refractivity contribution in [2.45, 2.75) is 58.3 Å². The number of hydrogen-bond acceptors (Lipinski definition) is 4. The van der Waals surface area contributed by atoms with Crippen LogP contribution in [0.1, 0.15) is 49.5 Å². The summed E-state index contributed by atoms with van der Waals surface area (Å²) in [4.78, 5) is 29.3. The molecule has 0 saturated carbocycles. The molecule has 2 saturated heterocycles. The van der Waals surface area contributed by atoms with E-state index in [1.807, 2.05) is 18.2 Å². The minimum atomic E-state index is -0.304. The molecule has 0 radical (unpaired) electrons. The van der Waals surface area contributed by atoms with Crippen LogP contribution in [-0.2, 0) is 29.2 Å². The lowest BCUT2D eigenvalue weighted by atomic mass is 10.0. The average molecular weight is 410 g/mol. The number of carbonyl (C=O) groups is 2. The van der Waals surface area contributed by atoms with Gasteiger partial charge in [-0.1, -0.05) is 30.7 Å². The Bertz CT molecular complexity index is 864. The van der Waals surface area contributed by atoms with E-state index < -0.39 is 0 Å². The van der Waals surface area contributed by atoms with Gasteiger partial charge in [0.25, 0.3) is 0 Å². The van der Waals surface area contributed by atoms with Gasteiger partial charge in [-0.05, 0) is 49.6 Å². The molecule has 2 amide bonds. The van der Waals surface area contributed by atoms with E-state index in [0.29, 0.717) is 25.7 Å². The molecule has 4 rings (SSSR count). The number of likely N-dealkylation sites (tertiary alicyclic amines) is 2. The lowest BCUT2D eigenvalue weighted by Gasteiger charge is -2.33. The minimum Gasteiger partial charge on any atom is -0.467 e. The number of furan rings is 1. The van der Waals surface area contributed by atoms with E-state index in [1.165, 1.54) is 24.8 Å². The van der Waals surface area contributed by atoms with Crippen LogP contribution in [0.4, 0.5) is 0 Å². The van der Waals surface area contributed by atoms with E-state index in [0.717, 1.165) is 24.4 Å². The van der Waals surface area contributed by atoms with Gasteiger partial charge in [-0.25, -0.2) is 0 Å². The molecule has 0 aliphatic carbocycles. The van der Waals surface area contributed by atoms with E-state index in [9.17, 15) is 9.59 Å². The molecule has 2 aliphatic heterocycles. The van der Waals surface area contributed by atoms with Crippen LogP contribution < -0.4 is 5.32 Å². The summed E-state index contributed by atoms with van der Waals surface area (Å²) in [6.45, 7) is 5.73. The van der Waals surface area contributed by atoms with Crippen molar-refractivity contribution in [1.29, 1.82) is 0 Å². The fourth-order valence-electron chi connectivity index (χ4n) is 4.51. The van der Waals surface area contributed by atoms with Gasteiger partial charge in [0.15, 0.2) is 0 Å². The van der Waals surface area contributed by atoms with Crippen LogP contribution >= 0.6 is 0 Å². The van der Waals surface area contributed by atoms with E-state index in [2.05, 4.69) is 35.3 Å². The summed E-state index contributed by atoms with van der Waals surface area (Å²) >= 11 is 0. The third-order valence-corrected chi connectivity index (χ3v) is 6.40. The molecule has 2 aromatic rings. The first kappa shape index (κ1) is 20.7. The van der Waals surface area contributed by atoms with E-state index in [1.54, 1.807) is 11.2 Å². The van der Waals surface area contributed by atoms with Gasteiger partial charge >= 0.3 is 0 Å². The zero-order valence-corrected chi connectivity index (χ0v) is 17.7. The van der Waals surface area contributed by atoms with E-state index in [4.69, 9.17) is 4.42 Å². The molecule has 1 N–H and O–H groups in total. The second-order valence-electron chi connectivity index (χ2n) is 8.56. The van der Waals surface area contributed by atoms with Gasteiger partial charge in [0.1, 0.15) is 5.76 Å². The first-order valence-electron chi connectivity index (χ1n) is 11.0. The SMILES string of the molecule is CC1CCCCN1Cc1ccccc1CNC(=O)C1CC(=O)N(Cc2ccco2)C1. The summed E-state index contributed by atoms with van der Waals surface area (Å²) in [5.41, 5.74) is 2.42. The van der Waals surface area contributed by atoms with Crippen LogP contribution in [0.5, 0.6) is 0 Å². The molecule has 0 bridgehead atoms. The Hall–Kier alpha value is -2.60. The van der Waals surface area contributed by atoms with Crippen LogP contribution in [0.2, 0.25) is 0 Å². The van der Waals surface area contributed by atoms with Crippen LogP contribution in [0, 0.1) is 5.92 Å². The topological polar surface area (TPSA) is 65.8 Å². The molecule has 1 aromatic heterocycles. The molecule has 2 fully saturated rings. The first-order chi connectivity index (χ1) is 14.6. The van der Waals surface area contributed by atoms with Crippen molar-refractivity contribution in [1.82, 2.24) is 15.1 Å². The number of carbonyl (C=O) groups excluding carboxylic acids is 2. The Kier molecular flexibility index (Phi) is 6.53. The molecule has 2 atom stereocenters. The lowest BCUT2D eigenvalue weighted by molar-refractivity contribution is -0.129. The van der Waals surface area contributed by atoms with Gasteiger partial charge < -0.3 is 14.6 Å². The molecule has 3 heterocycles. The zero-order valence-electron chi connectivity index (χ0n) is 17.7. The number of amides is 2. The largest absolute Gasteiger partial charge is 0.467 e. The smallest absolute Gasteiger partial charge is 0.225 e. The minimum absolute atomic E-state index is 0.00559. The van der Waals surface area contributed by atoms with Crippen molar-refractivity contribution in [3.8, 4) is 0 Å². The van der Waals surface area contributed by atoms with Crippen LogP contribution in [0.3, 0.4) is 0 Å². The summed E-state index contributed by atoms with van der Waals surface area (Å²) in [5, 5.41) is 3.07. The third-order valence-electron chi connectivity index (χ3n) is 6.40. The maximum absolute atomic E-state index is 12.7.